The third-order valence-electron chi connectivity index (χ3n) is 7.94. The molecule has 3 aromatic rings. The Morgan fingerprint density at radius 3 is 2.78 bits per heavy atom. The third kappa shape index (κ3) is 4.66. The second-order valence-corrected chi connectivity index (χ2v) is 10.2. The Kier molecular flexibility index (Phi) is 6.49. The van der Waals surface area contributed by atoms with Crippen LogP contribution >= 0.6 is 0 Å². The van der Waals surface area contributed by atoms with E-state index in [1.807, 2.05) is 48.5 Å². The number of hydrogen-bond donors (Lipinski definition) is 3. The van der Waals surface area contributed by atoms with Crippen LogP contribution in [0.2, 0.25) is 0 Å². The minimum absolute atomic E-state index is 0.115. The predicted molar refractivity (Wildman–Crippen MR) is 134 cm³/mol. The number of fused-ring (bicyclic) bond motifs is 2. The molecule has 10 nitrogen and oxygen atoms in total. The number of nitrogens with two attached hydrogens (primary N) is 1. The molecule has 1 saturated carbocycles. The van der Waals surface area contributed by atoms with Gasteiger partial charge in [-0.3, -0.25) is 0 Å². The predicted octanol–water partition coefficient (Wildman–Crippen LogP) is 2.70. The molecule has 3 aliphatic rings. The first-order valence-electron chi connectivity index (χ1n) is 12.8. The van der Waals surface area contributed by atoms with E-state index in [-0.39, 0.29) is 36.6 Å². The van der Waals surface area contributed by atoms with Crippen molar-refractivity contribution in [1.82, 2.24) is 9.99 Å². The second kappa shape index (κ2) is 9.94. The maximum absolute atomic E-state index is 13.3. The van der Waals surface area contributed by atoms with E-state index < -0.39 is 18.2 Å². The van der Waals surface area contributed by atoms with Gasteiger partial charge in [0.25, 0.3) is 6.01 Å². The number of anilines is 1. The first kappa shape index (κ1) is 24.2. The maximum atomic E-state index is 13.3. The summed E-state index contributed by atoms with van der Waals surface area (Å²) >= 11 is 0. The van der Waals surface area contributed by atoms with Gasteiger partial charge in [0, 0.05) is 31.2 Å². The van der Waals surface area contributed by atoms with Gasteiger partial charge >= 0.3 is 6.09 Å². The molecule has 3 fully saturated rings. The summed E-state index contributed by atoms with van der Waals surface area (Å²) in [5, 5.41) is 15.3. The second-order valence-electron chi connectivity index (χ2n) is 10.2. The molecule has 1 amide bonds. The Hall–Kier alpha value is -3.18. The fourth-order valence-corrected chi connectivity index (χ4v) is 6.02. The largest absolute Gasteiger partial charge is 0.444 e. The number of nitrogens with zero attached hydrogens (tertiary/aromatic N) is 2. The van der Waals surface area contributed by atoms with E-state index in [2.05, 4.69) is 10.3 Å². The van der Waals surface area contributed by atoms with Crippen molar-refractivity contribution in [2.75, 3.05) is 25.6 Å². The molecule has 6 rings (SSSR count). The zero-order chi connectivity index (χ0) is 25.5. The van der Waals surface area contributed by atoms with Crippen molar-refractivity contribution >= 4 is 23.2 Å². The van der Waals surface area contributed by atoms with E-state index in [0.29, 0.717) is 36.7 Å². The molecule has 5 unspecified atom stereocenters. The maximum Gasteiger partial charge on any atom is 0.424 e. The zero-order valence-corrected chi connectivity index (χ0v) is 20.7. The van der Waals surface area contributed by atoms with Crippen LogP contribution in [-0.4, -0.2) is 66.0 Å². The highest BCUT2D eigenvalue weighted by Crippen LogP contribution is 2.49. The van der Waals surface area contributed by atoms with E-state index in [4.69, 9.17) is 24.5 Å². The lowest BCUT2D eigenvalue weighted by Crippen LogP contribution is -2.54. The summed E-state index contributed by atoms with van der Waals surface area (Å²) in [7, 11) is 1.74. The number of carbonyl (C=O) groups excluding carboxylic acids is 1. The molecule has 0 radical (unpaired) electrons. The average Bonchev–Trinajstić information content (AvgIpc) is 3.59. The van der Waals surface area contributed by atoms with Gasteiger partial charge in [-0.1, -0.05) is 36.4 Å². The summed E-state index contributed by atoms with van der Waals surface area (Å²) < 4.78 is 23.1. The van der Waals surface area contributed by atoms with Crippen LogP contribution in [0.15, 0.2) is 52.9 Å². The van der Waals surface area contributed by atoms with Gasteiger partial charge in [0.1, 0.15) is 11.6 Å². The quantitative estimate of drug-likeness (QED) is 0.239. The van der Waals surface area contributed by atoms with Gasteiger partial charge in [-0.15, -0.1) is 0 Å². The van der Waals surface area contributed by atoms with Crippen LogP contribution in [0.25, 0.3) is 11.1 Å². The highest BCUT2D eigenvalue weighted by molar-refractivity contribution is 5.75. The summed E-state index contributed by atoms with van der Waals surface area (Å²) in [6.07, 6.45) is -0.524. The van der Waals surface area contributed by atoms with Crippen LogP contribution in [0.3, 0.4) is 0 Å². The summed E-state index contributed by atoms with van der Waals surface area (Å²) in [5.41, 5.74) is 3.14. The number of hydrazine groups is 1. The number of hydrogen-bond acceptors (Lipinski definition) is 9. The lowest BCUT2D eigenvalue weighted by Gasteiger charge is -2.33. The van der Waals surface area contributed by atoms with Crippen LogP contribution in [-0.2, 0) is 27.1 Å². The van der Waals surface area contributed by atoms with Crippen LogP contribution in [0.5, 0.6) is 0 Å². The molecule has 0 spiro atoms. The van der Waals surface area contributed by atoms with Crippen molar-refractivity contribution in [2.24, 2.45) is 23.6 Å². The van der Waals surface area contributed by atoms with Gasteiger partial charge < -0.3 is 29.1 Å². The Labute approximate surface area is 214 Å². The zero-order valence-electron chi connectivity index (χ0n) is 20.7. The SMILES string of the molecule is CNc1nc2cc(C[C@@H](O)[C@H](Cc3ccccc3)N(N)C(=O)OC3C4COC5OCC3C5C4)ccc2o1. The molecular formula is C27H32N4O6. The van der Waals surface area contributed by atoms with E-state index >= 15 is 0 Å². The number of rotatable bonds is 8. The summed E-state index contributed by atoms with van der Waals surface area (Å²) in [4.78, 5) is 17.7. The van der Waals surface area contributed by atoms with Crippen molar-refractivity contribution in [3.63, 3.8) is 0 Å². The number of aliphatic hydroxyl groups is 1. The molecule has 2 aliphatic heterocycles. The number of aliphatic hydroxyl groups excluding tert-OH is 1. The van der Waals surface area contributed by atoms with Gasteiger partial charge in [-0.05, 0) is 36.1 Å². The fourth-order valence-electron chi connectivity index (χ4n) is 6.02. The van der Waals surface area contributed by atoms with Crippen molar-refractivity contribution in [1.29, 1.82) is 0 Å². The lowest BCUT2D eigenvalue weighted by atomic mass is 9.96. The van der Waals surface area contributed by atoms with E-state index in [9.17, 15) is 9.90 Å². The van der Waals surface area contributed by atoms with Gasteiger partial charge in [0.05, 0.1) is 25.4 Å². The Morgan fingerprint density at radius 2 is 1.97 bits per heavy atom. The molecule has 1 aromatic heterocycles. The summed E-state index contributed by atoms with van der Waals surface area (Å²) in [6, 6.07) is 15.0. The molecule has 2 bridgehead atoms. The molecule has 2 aromatic carbocycles. The van der Waals surface area contributed by atoms with Crippen molar-refractivity contribution in [2.45, 2.75) is 43.8 Å². The van der Waals surface area contributed by atoms with Crippen LogP contribution in [0, 0.1) is 17.8 Å². The van der Waals surface area contributed by atoms with Gasteiger partial charge in [0.15, 0.2) is 11.9 Å². The first-order chi connectivity index (χ1) is 18.0. The molecule has 10 heteroatoms. The molecule has 3 heterocycles. The minimum Gasteiger partial charge on any atom is -0.444 e. The van der Waals surface area contributed by atoms with E-state index in [0.717, 1.165) is 22.6 Å². The molecule has 1 aliphatic carbocycles. The van der Waals surface area contributed by atoms with E-state index in [1.165, 1.54) is 0 Å². The van der Waals surface area contributed by atoms with Gasteiger partial charge in [0.2, 0.25) is 0 Å². The van der Waals surface area contributed by atoms with Gasteiger partial charge in [-0.25, -0.2) is 15.6 Å². The smallest absolute Gasteiger partial charge is 0.424 e. The summed E-state index contributed by atoms with van der Waals surface area (Å²) in [6.45, 7) is 1.03. The third-order valence-corrected chi connectivity index (χ3v) is 7.94. The number of benzene rings is 2. The van der Waals surface area contributed by atoms with Crippen LogP contribution in [0.4, 0.5) is 10.8 Å². The lowest BCUT2D eigenvalue weighted by molar-refractivity contribution is -0.169. The number of oxazole rings is 1. The highest BCUT2D eigenvalue weighted by atomic mass is 16.7. The number of aromatic nitrogens is 1. The molecule has 196 valence electrons. The van der Waals surface area contributed by atoms with Crippen molar-refractivity contribution in [3.05, 3.63) is 59.7 Å². The van der Waals surface area contributed by atoms with Gasteiger partial charge in [-0.2, -0.15) is 4.98 Å². The Balaban J connectivity index is 1.20. The fraction of sp³-hybridized carbons (Fsp3) is 0.481. The highest BCUT2D eigenvalue weighted by Gasteiger charge is 2.56. The molecule has 4 N–H and O–H groups in total. The monoisotopic (exact) mass is 508 g/mol. The Bertz CT molecular complexity index is 1250. The van der Waals surface area contributed by atoms with Crippen LogP contribution < -0.4 is 11.2 Å². The number of ether oxygens (including phenoxy) is 3. The van der Waals surface area contributed by atoms with Crippen LogP contribution in [0.1, 0.15) is 17.5 Å². The number of carbonyl (C=O) groups is 1. The number of nitrogens with one attached hydrogen (secondary N) is 1. The van der Waals surface area contributed by atoms with Crippen molar-refractivity contribution < 1.29 is 28.5 Å². The number of amides is 1. The van der Waals surface area contributed by atoms with Crippen molar-refractivity contribution in [3.8, 4) is 0 Å². The molecular weight excluding hydrogens is 476 g/mol. The average molecular weight is 509 g/mol. The molecule has 37 heavy (non-hydrogen) atoms. The molecule has 7 atom stereocenters. The summed E-state index contributed by atoms with van der Waals surface area (Å²) in [5.74, 6) is 6.90. The molecule has 2 saturated heterocycles. The Morgan fingerprint density at radius 1 is 1.16 bits per heavy atom. The first-order valence-corrected chi connectivity index (χ1v) is 12.8. The van der Waals surface area contributed by atoms with E-state index in [1.54, 1.807) is 7.05 Å². The standard InChI is InChI=1S/C27H32N4O6/c1-29-26-30-20-9-16(7-8-23(20)36-26)11-22(32)21(10-15-5-3-2-4-6-15)31(28)27(33)37-24-17-12-18-19(24)14-35-25(18)34-13-17/h2-9,17-19,21-22,24-25,32H,10-14,28H2,1H3,(H,29,30)/t17?,18?,19?,21-,22+,24?,25?/m0/s1. The minimum atomic E-state index is -0.948. The topological polar surface area (TPSA) is 132 Å². The normalized spacial score (nSPS) is 27.7.